The van der Waals surface area contributed by atoms with Crippen molar-refractivity contribution >= 4 is 29.7 Å². The van der Waals surface area contributed by atoms with Gasteiger partial charge in [-0.25, -0.2) is 4.79 Å². The van der Waals surface area contributed by atoms with Crippen molar-refractivity contribution in [3.05, 3.63) is 0 Å². The quantitative estimate of drug-likeness (QED) is 0.0769. The molecule has 4 unspecified atom stereocenters. The molecule has 11 N–H and O–H groups in total. The topological polar surface area (TPSA) is 235 Å². The van der Waals surface area contributed by atoms with Crippen molar-refractivity contribution in [3.63, 3.8) is 0 Å². The average molecular weight is 446 g/mol. The van der Waals surface area contributed by atoms with Gasteiger partial charge in [-0.2, -0.15) is 0 Å². The molecule has 0 radical (unpaired) electrons. The van der Waals surface area contributed by atoms with E-state index in [1.165, 1.54) is 6.92 Å². The van der Waals surface area contributed by atoms with E-state index in [-0.39, 0.29) is 31.3 Å². The van der Waals surface area contributed by atoms with Gasteiger partial charge in [0.05, 0.1) is 12.6 Å². The van der Waals surface area contributed by atoms with Gasteiger partial charge >= 0.3 is 5.97 Å². The van der Waals surface area contributed by atoms with Crippen molar-refractivity contribution in [1.82, 2.24) is 16.0 Å². The average Bonchev–Trinajstić information content (AvgIpc) is 2.66. The predicted octanol–water partition coefficient (Wildman–Crippen LogP) is -3.04. The van der Waals surface area contributed by atoms with E-state index in [0.717, 1.165) is 0 Å². The van der Waals surface area contributed by atoms with Gasteiger partial charge in [-0.05, 0) is 32.1 Å². The number of aliphatic imine (C=N–C) groups is 1. The Kier molecular flexibility index (Phi) is 12.8. The van der Waals surface area contributed by atoms with Gasteiger partial charge in [-0.1, -0.05) is 13.8 Å². The van der Waals surface area contributed by atoms with Crippen LogP contribution in [-0.4, -0.2) is 77.2 Å². The first-order chi connectivity index (χ1) is 14.4. The van der Waals surface area contributed by atoms with Crippen molar-refractivity contribution in [2.45, 2.75) is 64.2 Å². The summed E-state index contributed by atoms with van der Waals surface area (Å²) in [6, 6.07) is -4.49. The molecule has 0 saturated carbocycles. The number of carboxylic acids is 1. The van der Waals surface area contributed by atoms with Gasteiger partial charge in [0.1, 0.15) is 18.1 Å². The van der Waals surface area contributed by atoms with Gasteiger partial charge in [0, 0.05) is 6.54 Å². The lowest BCUT2D eigenvalue weighted by atomic mass is 10.0. The number of guanidine groups is 1. The molecule has 178 valence electrons. The summed E-state index contributed by atoms with van der Waals surface area (Å²) in [5.41, 5.74) is 16.1. The monoisotopic (exact) mass is 445 g/mol. The number of hydrogen-bond donors (Lipinski definition) is 8. The number of carboxylic acid groups (broad SMARTS) is 1. The largest absolute Gasteiger partial charge is 0.480 e. The Labute approximate surface area is 181 Å². The van der Waals surface area contributed by atoms with Crippen LogP contribution in [0.25, 0.3) is 0 Å². The fraction of sp³-hybridized carbons (Fsp3) is 0.722. The Hall–Kier alpha value is -2.93. The molecule has 0 aliphatic rings. The second-order valence-corrected chi connectivity index (χ2v) is 7.56. The van der Waals surface area contributed by atoms with Gasteiger partial charge in [0.25, 0.3) is 0 Å². The van der Waals surface area contributed by atoms with E-state index in [0.29, 0.717) is 6.42 Å². The van der Waals surface area contributed by atoms with Crippen molar-refractivity contribution < 1.29 is 29.4 Å². The lowest BCUT2D eigenvalue weighted by molar-refractivity contribution is -0.142. The first-order valence-electron chi connectivity index (χ1n) is 9.94. The molecule has 0 spiro atoms. The second kappa shape index (κ2) is 14.1. The molecular weight excluding hydrogens is 410 g/mol. The highest BCUT2D eigenvalue weighted by Gasteiger charge is 2.28. The normalized spacial score (nSPS) is 14.6. The number of nitrogens with two attached hydrogens (primary N) is 3. The lowest BCUT2D eigenvalue weighted by Crippen LogP contribution is -2.57. The molecule has 13 heteroatoms. The van der Waals surface area contributed by atoms with Crippen LogP contribution in [0.5, 0.6) is 0 Å². The highest BCUT2D eigenvalue weighted by Crippen LogP contribution is 2.03. The van der Waals surface area contributed by atoms with Crippen LogP contribution in [0.15, 0.2) is 4.99 Å². The molecular formula is C18H35N7O6. The first kappa shape index (κ1) is 28.1. The first-order valence-corrected chi connectivity index (χ1v) is 9.94. The zero-order chi connectivity index (χ0) is 24.1. The molecule has 0 aromatic carbocycles. The molecule has 0 aromatic rings. The molecule has 13 nitrogen and oxygen atoms in total. The Balaban J connectivity index is 4.80. The van der Waals surface area contributed by atoms with Crippen LogP contribution >= 0.6 is 0 Å². The third-order valence-electron chi connectivity index (χ3n) is 4.19. The predicted molar refractivity (Wildman–Crippen MR) is 114 cm³/mol. The fourth-order valence-electron chi connectivity index (χ4n) is 2.52. The molecule has 0 rings (SSSR count). The SMILES string of the molecule is CC(C)CC(N)C(=O)NC(C)C(=O)NC(CO)C(=O)NC(CCCN=C(N)N)C(=O)O. The number of hydrogen-bond acceptors (Lipinski definition) is 7. The Morgan fingerprint density at radius 1 is 0.935 bits per heavy atom. The summed E-state index contributed by atoms with van der Waals surface area (Å²) in [7, 11) is 0. The molecule has 0 aromatic heterocycles. The summed E-state index contributed by atoms with van der Waals surface area (Å²) >= 11 is 0. The maximum absolute atomic E-state index is 12.3. The highest BCUT2D eigenvalue weighted by molar-refractivity contribution is 5.93. The lowest BCUT2D eigenvalue weighted by Gasteiger charge is -2.22. The molecule has 0 aliphatic carbocycles. The van der Waals surface area contributed by atoms with E-state index < -0.39 is 54.5 Å². The summed E-state index contributed by atoms with van der Waals surface area (Å²) in [5.74, 6) is -3.38. The minimum absolute atomic E-state index is 0.0319. The summed E-state index contributed by atoms with van der Waals surface area (Å²) in [5, 5.41) is 25.7. The van der Waals surface area contributed by atoms with Gasteiger partial charge in [0.2, 0.25) is 17.7 Å². The summed E-state index contributed by atoms with van der Waals surface area (Å²) in [6.45, 7) is 4.60. The molecule has 0 heterocycles. The smallest absolute Gasteiger partial charge is 0.326 e. The van der Waals surface area contributed by atoms with Gasteiger partial charge in [-0.3, -0.25) is 19.4 Å². The van der Waals surface area contributed by atoms with E-state index >= 15 is 0 Å². The second-order valence-electron chi connectivity index (χ2n) is 7.56. The van der Waals surface area contributed by atoms with Crippen LogP contribution in [0.1, 0.15) is 40.0 Å². The minimum Gasteiger partial charge on any atom is -0.480 e. The third-order valence-corrected chi connectivity index (χ3v) is 4.19. The molecule has 31 heavy (non-hydrogen) atoms. The number of carbonyl (C=O) groups is 4. The highest BCUT2D eigenvalue weighted by atomic mass is 16.4. The van der Waals surface area contributed by atoms with Crippen LogP contribution in [0, 0.1) is 5.92 Å². The zero-order valence-electron chi connectivity index (χ0n) is 18.1. The maximum Gasteiger partial charge on any atom is 0.326 e. The number of nitrogens with zero attached hydrogens (tertiary/aromatic N) is 1. The molecule has 0 bridgehead atoms. The summed E-state index contributed by atoms with van der Waals surface area (Å²) in [4.78, 5) is 51.7. The van der Waals surface area contributed by atoms with Gasteiger partial charge in [-0.15, -0.1) is 0 Å². The van der Waals surface area contributed by atoms with Crippen molar-refractivity contribution in [3.8, 4) is 0 Å². The van der Waals surface area contributed by atoms with Gasteiger partial charge in [0.15, 0.2) is 5.96 Å². The van der Waals surface area contributed by atoms with Crippen LogP contribution in [0.4, 0.5) is 0 Å². The van der Waals surface area contributed by atoms with E-state index in [4.69, 9.17) is 17.2 Å². The van der Waals surface area contributed by atoms with E-state index in [1.54, 1.807) is 0 Å². The number of nitrogens with one attached hydrogen (secondary N) is 3. The molecule has 0 fully saturated rings. The number of rotatable bonds is 14. The van der Waals surface area contributed by atoms with Crippen molar-refractivity contribution in [2.75, 3.05) is 13.2 Å². The van der Waals surface area contributed by atoms with E-state index in [2.05, 4.69) is 20.9 Å². The van der Waals surface area contributed by atoms with Gasteiger partial charge < -0.3 is 43.4 Å². The zero-order valence-corrected chi connectivity index (χ0v) is 18.1. The van der Waals surface area contributed by atoms with Crippen LogP contribution in [0.2, 0.25) is 0 Å². The minimum atomic E-state index is -1.41. The van der Waals surface area contributed by atoms with E-state index in [9.17, 15) is 29.4 Å². The van der Waals surface area contributed by atoms with Crippen LogP contribution in [-0.2, 0) is 19.2 Å². The summed E-state index contributed by atoms with van der Waals surface area (Å²) < 4.78 is 0. The third kappa shape index (κ3) is 11.7. The van der Waals surface area contributed by atoms with Crippen molar-refractivity contribution in [2.24, 2.45) is 28.1 Å². The Bertz CT molecular complexity index is 651. The molecule has 3 amide bonds. The number of carbonyl (C=O) groups excluding carboxylic acids is 3. The standard InChI is InChI=1S/C18H35N7O6/c1-9(2)7-11(19)15(28)23-10(3)14(27)25-13(8-26)16(29)24-12(17(30)31)5-4-6-22-18(20)21/h9-13,26H,4-8,19H2,1-3H3,(H,23,28)(H,24,29)(H,25,27)(H,30,31)(H4,20,21,22). The number of amides is 3. The van der Waals surface area contributed by atoms with Crippen LogP contribution in [0.3, 0.4) is 0 Å². The Morgan fingerprint density at radius 3 is 2.00 bits per heavy atom. The number of aliphatic hydroxyl groups is 1. The number of aliphatic carboxylic acids is 1. The van der Waals surface area contributed by atoms with Crippen LogP contribution < -0.4 is 33.2 Å². The fourth-order valence-corrected chi connectivity index (χ4v) is 2.52. The summed E-state index contributed by atoms with van der Waals surface area (Å²) in [6.07, 6.45) is 0.747. The number of aliphatic hydroxyl groups excluding tert-OH is 1. The molecule has 0 saturated heterocycles. The van der Waals surface area contributed by atoms with Crippen molar-refractivity contribution in [1.29, 1.82) is 0 Å². The molecule has 0 aliphatic heterocycles. The maximum atomic E-state index is 12.3. The van der Waals surface area contributed by atoms with E-state index in [1.807, 2.05) is 13.8 Å². The molecule has 4 atom stereocenters. The Morgan fingerprint density at radius 2 is 1.52 bits per heavy atom.